The molecule has 1 N–H and O–H groups in total. The van der Waals surface area contributed by atoms with Gasteiger partial charge in [0, 0.05) is 59.7 Å². The zero-order chi connectivity index (χ0) is 32.5. The van der Waals surface area contributed by atoms with Crippen molar-refractivity contribution in [2.75, 3.05) is 33.0 Å². The molecule has 3 aliphatic heterocycles. The van der Waals surface area contributed by atoms with E-state index in [2.05, 4.69) is 52.0 Å². The number of nitrogens with one attached hydrogen (secondary N) is 1. The summed E-state index contributed by atoms with van der Waals surface area (Å²) in [5, 5.41) is 1.07. The fourth-order valence-electron chi connectivity index (χ4n) is 9.06. The molecule has 1 aliphatic carbocycles. The highest BCUT2D eigenvalue weighted by molar-refractivity contribution is 7.89. The molecular formula is C36H46N4O5S. The highest BCUT2D eigenvalue weighted by Crippen LogP contribution is 2.66. The average molecular weight is 647 g/mol. The second-order valence-electron chi connectivity index (χ2n) is 14.0. The summed E-state index contributed by atoms with van der Waals surface area (Å²) in [4.78, 5) is 32.6. The van der Waals surface area contributed by atoms with Crippen LogP contribution in [0.3, 0.4) is 0 Å². The minimum Gasteiger partial charge on any atom is -0.497 e. The third-order valence-corrected chi connectivity index (χ3v) is 11.7. The molecule has 9 nitrogen and oxygen atoms in total. The minimum absolute atomic E-state index is 0.0711. The molecular weight excluding hydrogens is 600 g/mol. The Balaban J connectivity index is 1.44. The maximum Gasteiger partial charge on any atom is 0.264 e. The molecule has 4 atom stereocenters. The van der Waals surface area contributed by atoms with E-state index >= 15 is 0 Å². The van der Waals surface area contributed by atoms with Gasteiger partial charge in [-0.3, -0.25) is 14.5 Å². The Morgan fingerprint density at radius 2 is 1.80 bits per heavy atom. The first-order chi connectivity index (χ1) is 22.0. The van der Waals surface area contributed by atoms with Gasteiger partial charge >= 0.3 is 0 Å². The Morgan fingerprint density at radius 1 is 1.04 bits per heavy atom. The Kier molecular flexibility index (Phi) is 7.74. The number of ether oxygens (including phenoxy) is 1. The molecule has 0 spiro atoms. The molecule has 1 aromatic heterocycles. The average Bonchev–Trinajstić information content (AvgIpc) is 3.27. The molecule has 3 fully saturated rings. The lowest BCUT2D eigenvalue weighted by Crippen LogP contribution is -2.51. The van der Waals surface area contributed by atoms with Gasteiger partial charge in [-0.25, -0.2) is 13.1 Å². The molecule has 2 aromatic carbocycles. The SMILES string of the molecule is CCCC(CCC)c1c2n(c3cc(C(=O)NS(C)(=O)=O)ccc13)CC1(C(=O)N3C[C@@H]4C[C@@H]3CN4CC)CC1c1cc(OC)ccc1-2. The highest BCUT2D eigenvalue weighted by Gasteiger charge is 2.65. The molecule has 1 saturated carbocycles. The van der Waals surface area contributed by atoms with E-state index in [-0.39, 0.29) is 23.4 Å². The van der Waals surface area contributed by atoms with Crippen molar-refractivity contribution in [2.45, 2.75) is 89.8 Å². The van der Waals surface area contributed by atoms with Crippen LogP contribution in [0.2, 0.25) is 0 Å². The van der Waals surface area contributed by atoms with Crippen molar-refractivity contribution in [2.24, 2.45) is 5.41 Å². The minimum atomic E-state index is -3.73. The van der Waals surface area contributed by atoms with Crippen molar-refractivity contribution in [1.82, 2.24) is 19.1 Å². The van der Waals surface area contributed by atoms with E-state index in [4.69, 9.17) is 4.74 Å². The summed E-state index contributed by atoms with van der Waals surface area (Å²) in [5.74, 6) is 0.755. The van der Waals surface area contributed by atoms with Crippen LogP contribution in [0.25, 0.3) is 22.2 Å². The summed E-state index contributed by atoms with van der Waals surface area (Å²) < 4.78 is 34.1. The second-order valence-corrected chi connectivity index (χ2v) is 15.8. The number of rotatable bonds is 10. The molecule has 4 aliphatic rings. The fraction of sp³-hybridized carbons (Fsp3) is 0.556. The number of likely N-dealkylation sites (N-methyl/N-ethyl adjacent to an activating group) is 1. The summed E-state index contributed by atoms with van der Waals surface area (Å²) in [6.07, 6.45) is 6.94. The molecule has 2 bridgehead atoms. The molecule has 2 saturated heterocycles. The largest absolute Gasteiger partial charge is 0.497 e. The van der Waals surface area contributed by atoms with Crippen LogP contribution in [0.5, 0.6) is 5.75 Å². The Bertz CT molecular complexity index is 1830. The summed E-state index contributed by atoms with van der Waals surface area (Å²) >= 11 is 0. The van der Waals surface area contributed by atoms with Gasteiger partial charge in [0.25, 0.3) is 5.91 Å². The summed E-state index contributed by atoms with van der Waals surface area (Å²) in [6.45, 7) is 9.89. The van der Waals surface area contributed by atoms with Crippen molar-refractivity contribution in [3.63, 3.8) is 0 Å². The first kappa shape index (κ1) is 31.2. The molecule has 10 heteroatoms. The van der Waals surface area contributed by atoms with E-state index in [0.29, 0.717) is 18.5 Å². The molecule has 4 heterocycles. The number of carbonyl (C=O) groups is 2. The normalized spacial score (nSPS) is 24.9. The lowest BCUT2D eigenvalue weighted by Gasteiger charge is -2.36. The lowest BCUT2D eigenvalue weighted by atomic mass is 9.85. The first-order valence-electron chi connectivity index (χ1n) is 16.9. The van der Waals surface area contributed by atoms with Crippen LogP contribution in [0.4, 0.5) is 0 Å². The Morgan fingerprint density at radius 3 is 2.43 bits per heavy atom. The van der Waals surface area contributed by atoms with Gasteiger partial charge in [0.05, 0.1) is 24.5 Å². The molecule has 246 valence electrons. The molecule has 0 radical (unpaired) electrons. The number of nitrogens with zero attached hydrogens (tertiary/aromatic N) is 3. The van der Waals surface area contributed by atoms with Crippen LogP contribution >= 0.6 is 0 Å². The number of carbonyl (C=O) groups excluding carboxylic acids is 2. The fourth-order valence-corrected chi connectivity index (χ4v) is 9.51. The van der Waals surface area contributed by atoms with Gasteiger partial charge in [-0.05, 0) is 79.6 Å². The van der Waals surface area contributed by atoms with Gasteiger partial charge in [-0.2, -0.15) is 0 Å². The van der Waals surface area contributed by atoms with E-state index in [1.807, 2.05) is 18.2 Å². The smallest absolute Gasteiger partial charge is 0.264 e. The molecule has 2 unspecified atom stereocenters. The van der Waals surface area contributed by atoms with E-state index < -0.39 is 21.3 Å². The van der Waals surface area contributed by atoms with E-state index in [1.54, 1.807) is 13.2 Å². The third-order valence-electron chi connectivity index (χ3n) is 11.2. The molecule has 46 heavy (non-hydrogen) atoms. The monoisotopic (exact) mass is 646 g/mol. The topological polar surface area (TPSA) is 101 Å². The van der Waals surface area contributed by atoms with Gasteiger partial charge in [0.15, 0.2) is 0 Å². The number of sulfonamides is 1. The van der Waals surface area contributed by atoms with Crippen LogP contribution in [0.15, 0.2) is 36.4 Å². The summed E-state index contributed by atoms with van der Waals surface area (Å²) in [7, 11) is -2.04. The molecule has 3 aromatic rings. The van der Waals surface area contributed by atoms with Crippen molar-refractivity contribution in [1.29, 1.82) is 0 Å². The van der Waals surface area contributed by atoms with Gasteiger partial charge < -0.3 is 14.2 Å². The number of fused-ring (bicyclic) bond motifs is 9. The number of benzene rings is 2. The van der Waals surface area contributed by atoms with E-state index in [1.165, 1.54) is 5.56 Å². The summed E-state index contributed by atoms with van der Waals surface area (Å²) in [5.41, 5.74) is 5.26. The van der Waals surface area contributed by atoms with Crippen molar-refractivity contribution < 1.29 is 22.7 Å². The maximum atomic E-state index is 14.8. The van der Waals surface area contributed by atoms with Gasteiger partial charge in [-0.15, -0.1) is 0 Å². The number of likely N-dealkylation sites (tertiary alicyclic amines) is 2. The lowest BCUT2D eigenvalue weighted by molar-refractivity contribution is -0.140. The number of hydrogen-bond donors (Lipinski definition) is 1. The van der Waals surface area contributed by atoms with Gasteiger partial charge in [-0.1, -0.05) is 39.7 Å². The number of methoxy groups -OCH3 is 1. The number of aromatic nitrogens is 1. The number of amides is 2. The van der Waals surface area contributed by atoms with Gasteiger partial charge in [0.1, 0.15) is 5.75 Å². The predicted octanol–water partition coefficient (Wildman–Crippen LogP) is 5.48. The Labute approximate surface area is 272 Å². The Hall–Kier alpha value is -3.37. The van der Waals surface area contributed by atoms with Crippen molar-refractivity contribution in [3.8, 4) is 17.0 Å². The van der Waals surface area contributed by atoms with Gasteiger partial charge in [0.2, 0.25) is 15.9 Å². The quantitative estimate of drug-likeness (QED) is 0.313. The number of piperazine rings is 1. The zero-order valence-corrected chi connectivity index (χ0v) is 28.5. The van der Waals surface area contributed by atoms with Crippen LogP contribution in [0.1, 0.15) is 92.6 Å². The summed E-state index contributed by atoms with van der Waals surface area (Å²) in [6, 6.07) is 12.5. The van der Waals surface area contributed by atoms with Crippen molar-refractivity contribution >= 4 is 32.7 Å². The zero-order valence-electron chi connectivity index (χ0n) is 27.6. The van der Waals surface area contributed by atoms with E-state index in [9.17, 15) is 18.0 Å². The highest BCUT2D eigenvalue weighted by atomic mass is 32.2. The van der Waals surface area contributed by atoms with Crippen molar-refractivity contribution in [3.05, 3.63) is 53.1 Å². The van der Waals surface area contributed by atoms with E-state index in [0.717, 1.165) is 97.9 Å². The standard InChI is InChI=1S/C36H46N4O5S/c1-6-9-22(10-7-2)32-28-13-11-23(34(41)37-46(5,43)44)15-31(28)40-21-36(35(42)39-20-24-16-25(39)19-38(24)8-3)18-30(36)29-17-26(45-4)12-14-27(29)33(32)40/h11-15,17,22,24-25,30H,6-10,16,18-21H2,1-5H3,(H,37,41)/t24-,25+,30?,36?/m0/s1. The first-order valence-corrected chi connectivity index (χ1v) is 18.8. The second kappa shape index (κ2) is 11.4. The van der Waals surface area contributed by atoms with Crippen LogP contribution < -0.4 is 9.46 Å². The third kappa shape index (κ3) is 4.94. The van der Waals surface area contributed by atoms with Crippen LogP contribution in [-0.4, -0.2) is 79.7 Å². The molecule has 7 rings (SSSR count). The van der Waals surface area contributed by atoms with Crippen LogP contribution in [-0.2, 0) is 21.4 Å². The maximum absolute atomic E-state index is 14.8. The van der Waals surface area contributed by atoms with Crippen LogP contribution in [0, 0.1) is 5.41 Å². The number of hydrogen-bond acceptors (Lipinski definition) is 6. The predicted molar refractivity (Wildman–Crippen MR) is 180 cm³/mol. The molecule has 2 amide bonds.